The summed E-state index contributed by atoms with van der Waals surface area (Å²) in [5, 5.41) is 2.23. The first-order valence-electron chi connectivity index (χ1n) is 7.12. The van der Waals surface area contributed by atoms with Gasteiger partial charge in [0.2, 0.25) is 5.91 Å². The first-order chi connectivity index (χ1) is 11.6. The van der Waals surface area contributed by atoms with Gasteiger partial charge >= 0.3 is 6.18 Å². The first-order valence-corrected chi connectivity index (χ1v) is 7.91. The number of carbonyl (C=O) groups excluding carboxylic acids is 1. The second-order valence-electron chi connectivity index (χ2n) is 5.48. The number of nitrogens with zero attached hydrogens (tertiary/aromatic N) is 2. The zero-order valence-electron chi connectivity index (χ0n) is 13.4. The van der Waals surface area contributed by atoms with Crippen LogP contribution in [0.5, 0.6) is 0 Å². The zero-order chi connectivity index (χ0) is 18.8. The number of rotatable bonds is 4. The Bertz CT molecular complexity index is 847. The van der Waals surface area contributed by atoms with Gasteiger partial charge in [-0.15, -0.1) is 0 Å². The second kappa shape index (κ2) is 7.30. The van der Waals surface area contributed by atoms with Crippen LogP contribution >= 0.6 is 15.9 Å². The Hall–Kier alpha value is -2.29. The van der Waals surface area contributed by atoms with Crippen molar-refractivity contribution >= 4 is 33.2 Å². The summed E-state index contributed by atoms with van der Waals surface area (Å²) in [7, 11) is 3.24. The van der Waals surface area contributed by atoms with E-state index in [0.29, 0.717) is 10.2 Å². The van der Waals surface area contributed by atoms with Crippen LogP contribution < -0.4 is 15.8 Å². The Labute approximate surface area is 150 Å². The van der Waals surface area contributed by atoms with E-state index in [0.717, 1.165) is 10.6 Å². The van der Waals surface area contributed by atoms with Gasteiger partial charge in [0, 0.05) is 36.5 Å². The largest absolute Gasteiger partial charge is 0.418 e. The SMILES string of the molecule is CN(C)c1ccc(NC(=O)Cn2cc(Br)ccc2=O)c(C(F)(F)F)c1. The Morgan fingerprint density at radius 1 is 1.24 bits per heavy atom. The van der Waals surface area contributed by atoms with Crippen molar-refractivity contribution in [2.45, 2.75) is 12.7 Å². The number of benzene rings is 1. The van der Waals surface area contributed by atoms with Crippen LogP contribution in [-0.2, 0) is 17.5 Å². The van der Waals surface area contributed by atoms with Gasteiger partial charge in [0.15, 0.2) is 0 Å². The normalized spacial score (nSPS) is 11.3. The van der Waals surface area contributed by atoms with Gasteiger partial charge in [0.25, 0.3) is 5.56 Å². The summed E-state index contributed by atoms with van der Waals surface area (Å²) in [6.07, 6.45) is -3.23. The van der Waals surface area contributed by atoms with Gasteiger partial charge in [-0.1, -0.05) is 0 Å². The van der Waals surface area contributed by atoms with Gasteiger partial charge in [0.05, 0.1) is 11.3 Å². The van der Waals surface area contributed by atoms with Gasteiger partial charge in [0.1, 0.15) is 6.54 Å². The molecule has 1 aromatic carbocycles. The van der Waals surface area contributed by atoms with Crippen LogP contribution in [0.15, 0.2) is 45.8 Å². The second-order valence-corrected chi connectivity index (χ2v) is 6.40. The third-order valence-corrected chi connectivity index (χ3v) is 3.83. The molecule has 2 aromatic rings. The topological polar surface area (TPSA) is 54.3 Å². The lowest BCUT2D eigenvalue weighted by Gasteiger charge is -2.19. The molecule has 5 nitrogen and oxygen atoms in total. The average molecular weight is 418 g/mol. The molecule has 2 rings (SSSR count). The van der Waals surface area contributed by atoms with Crippen molar-refractivity contribution in [3.05, 3.63) is 56.9 Å². The van der Waals surface area contributed by atoms with Crippen molar-refractivity contribution in [2.75, 3.05) is 24.3 Å². The van der Waals surface area contributed by atoms with E-state index in [1.165, 1.54) is 35.4 Å². The summed E-state index contributed by atoms with van der Waals surface area (Å²) >= 11 is 3.17. The predicted molar refractivity (Wildman–Crippen MR) is 92.8 cm³/mol. The van der Waals surface area contributed by atoms with E-state index >= 15 is 0 Å². The van der Waals surface area contributed by atoms with Crippen LogP contribution in [0, 0.1) is 0 Å². The number of anilines is 2. The molecule has 1 amide bonds. The van der Waals surface area contributed by atoms with E-state index < -0.39 is 29.8 Å². The van der Waals surface area contributed by atoms with E-state index in [2.05, 4.69) is 21.2 Å². The summed E-state index contributed by atoms with van der Waals surface area (Å²) in [4.78, 5) is 25.3. The van der Waals surface area contributed by atoms with E-state index in [9.17, 15) is 22.8 Å². The molecule has 9 heteroatoms. The van der Waals surface area contributed by atoms with Crippen LogP contribution in [-0.4, -0.2) is 24.6 Å². The van der Waals surface area contributed by atoms with Crippen molar-refractivity contribution in [3.63, 3.8) is 0 Å². The molecule has 0 radical (unpaired) electrons. The number of amides is 1. The molecule has 0 spiro atoms. The molecule has 0 fully saturated rings. The molecule has 0 saturated carbocycles. The Kier molecular flexibility index (Phi) is 5.56. The number of hydrogen-bond acceptors (Lipinski definition) is 3. The molecule has 0 aliphatic heterocycles. The van der Waals surface area contributed by atoms with Gasteiger partial charge < -0.3 is 14.8 Å². The lowest BCUT2D eigenvalue weighted by molar-refractivity contribution is -0.136. The predicted octanol–water partition coefficient (Wildman–Crippen LogP) is 3.33. The summed E-state index contributed by atoms with van der Waals surface area (Å²) in [6, 6.07) is 6.39. The fraction of sp³-hybridized carbons (Fsp3) is 0.250. The van der Waals surface area contributed by atoms with Crippen LogP contribution in [0.4, 0.5) is 24.5 Å². The third kappa shape index (κ3) is 4.85. The Morgan fingerprint density at radius 3 is 2.52 bits per heavy atom. The molecule has 134 valence electrons. The van der Waals surface area contributed by atoms with Gasteiger partial charge in [-0.05, 0) is 40.2 Å². The number of pyridine rings is 1. The van der Waals surface area contributed by atoms with Crippen LogP contribution in [0.25, 0.3) is 0 Å². The highest BCUT2D eigenvalue weighted by Gasteiger charge is 2.34. The minimum atomic E-state index is -4.62. The fourth-order valence-corrected chi connectivity index (χ4v) is 2.50. The number of nitrogens with one attached hydrogen (secondary N) is 1. The quantitative estimate of drug-likeness (QED) is 0.829. The molecule has 1 N–H and O–H groups in total. The maximum atomic E-state index is 13.3. The third-order valence-electron chi connectivity index (χ3n) is 3.36. The monoisotopic (exact) mass is 417 g/mol. The molecule has 0 bridgehead atoms. The smallest absolute Gasteiger partial charge is 0.378 e. The van der Waals surface area contributed by atoms with Crippen molar-refractivity contribution in [1.82, 2.24) is 4.57 Å². The number of alkyl halides is 3. The molecule has 0 atom stereocenters. The fourth-order valence-electron chi connectivity index (χ4n) is 2.12. The molecule has 0 aliphatic carbocycles. The number of halogens is 4. The average Bonchev–Trinajstić information content (AvgIpc) is 2.50. The van der Waals surface area contributed by atoms with Crippen molar-refractivity contribution < 1.29 is 18.0 Å². The number of aromatic nitrogens is 1. The molecule has 0 unspecified atom stereocenters. The van der Waals surface area contributed by atoms with Crippen LogP contribution in [0.2, 0.25) is 0 Å². The molecular weight excluding hydrogens is 403 g/mol. The number of carbonyl (C=O) groups is 1. The zero-order valence-corrected chi connectivity index (χ0v) is 15.0. The van der Waals surface area contributed by atoms with Crippen molar-refractivity contribution in [3.8, 4) is 0 Å². The maximum absolute atomic E-state index is 13.3. The first kappa shape index (κ1) is 19.0. The highest BCUT2D eigenvalue weighted by molar-refractivity contribution is 9.10. The molecular formula is C16H15BrF3N3O2. The molecule has 0 saturated heterocycles. The highest BCUT2D eigenvalue weighted by Crippen LogP contribution is 2.37. The lowest BCUT2D eigenvalue weighted by atomic mass is 10.1. The minimum Gasteiger partial charge on any atom is -0.378 e. The van der Waals surface area contributed by atoms with Gasteiger partial charge in [-0.2, -0.15) is 13.2 Å². The minimum absolute atomic E-state index is 0.355. The molecule has 1 aromatic heterocycles. The summed E-state index contributed by atoms with van der Waals surface area (Å²) in [5.41, 5.74) is -1.38. The van der Waals surface area contributed by atoms with E-state index in [1.807, 2.05) is 0 Å². The number of hydrogen-bond donors (Lipinski definition) is 1. The molecule has 25 heavy (non-hydrogen) atoms. The van der Waals surface area contributed by atoms with Crippen molar-refractivity contribution in [1.29, 1.82) is 0 Å². The Morgan fingerprint density at radius 2 is 1.92 bits per heavy atom. The van der Waals surface area contributed by atoms with Gasteiger partial charge in [-0.3, -0.25) is 9.59 Å². The van der Waals surface area contributed by atoms with Crippen LogP contribution in [0.3, 0.4) is 0 Å². The summed E-state index contributed by atoms with van der Waals surface area (Å²) in [6.45, 7) is -0.398. The lowest BCUT2D eigenvalue weighted by Crippen LogP contribution is -2.27. The maximum Gasteiger partial charge on any atom is 0.418 e. The van der Waals surface area contributed by atoms with E-state index in [1.54, 1.807) is 14.1 Å². The van der Waals surface area contributed by atoms with Crippen LogP contribution in [0.1, 0.15) is 5.56 Å². The van der Waals surface area contributed by atoms with E-state index in [4.69, 9.17) is 0 Å². The van der Waals surface area contributed by atoms with Crippen molar-refractivity contribution in [2.24, 2.45) is 0 Å². The highest BCUT2D eigenvalue weighted by atomic mass is 79.9. The molecule has 1 heterocycles. The standard InChI is InChI=1S/C16H15BrF3N3O2/c1-22(2)11-4-5-13(12(7-11)16(18,19)20)21-14(24)9-23-8-10(17)3-6-15(23)25/h3-8H,9H2,1-2H3,(H,21,24). The Balaban J connectivity index is 2.28. The summed E-state index contributed by atoms with van der Waals surface area (Å²) in [5.74, 6) is -0.733. The molecule has 0 aliphatic rings. The summed E-state index contributed by atoms with van der Waals surface area (Å²) < 4.78 is 41.4. The van der Waals surface area contributed by atoms with E-state index in [-0.39, 0.29) is 5.69 Å². The van der Waals surface area contributed by atoms with Gasteiger partial charge in [-0.25, -0.2) is 0 Å².